The lowest BCUT2D eigenvalue weighted by Crippen LogP contribution is -2.19. The number of hydrogen-bond acceptors (Lipinski definition) is 3. The highest BCUT2D eigenvalue weighted by Gasteiger charge is 2.17. The van der Waals surface area contributed by atoms with Crippen molar-refractivity contribution in [3.05, 3.63) is 45.2 Å². The Hall–Kier alpha value is -1.66. The molecule has 0 saturated carbocycles. The molecule has 112 valence electrons. The molecular formula is C15H18BrN3O2. The minimum atomic E-state index is -0.219. The number of carbonyl (C=O) groups excluding carboxylic acids is 1. The zero-order chi connectivity index (χ0) is 15.6. The second-order valence-corrected chi connectivity index (χ2v) is 5.84. The van der Waals surface area contributed by atoms with Gasteiger partial charge in [0.15, 0.2) is 0 Å². The summed E-state index contributed by atoms with van der Waals surface area (Å²) in [5.41, 5.74) is 4.02. The molecule has 2 aromatic rings. The van der Waals surface area contributed by atoms with Crippen molar-refractivity contribution in [2.24, 2.45) is 7.05 Å². The lowest BCUT2D eigenvalue weighted by atomic mass is 10.1. The second kappa shape index (κ2) is 6.41. The fraction of sp³-hybridized carbons (Fsp3) is 0.333. The Bertz CT molecular complexity index is 680. The number of halogens is 1. The highest BCUT2D eigenvalue weighted by atomic mass is 79.9. The van der Waals surface area contributed by atoms with E-state index < -0.39 is 0 Å². The lowest BCUT2D eigenvalue weighted by Gasteiger charge is -2.12. The van der Waals surface area contributed by atoms with Crippen LogP contribution in [0.1, 0.15) is 27.2 Å². The quantitative estimate of drug-likeness (QED) is 0.889. The van der Waals surface area contributed by atoms with Crippen LogP contribution in [-0.2, 0) is 13.5 Å². The standard InChI is InChI=1S/C15H18BrN3O2/c1-9-7-13(10(2)6-12(9)16)18-15(21)14-11(4-5-20)8-17-19(14)3/h6-8,20H,4-5H2,1-3H3,(H,18,21). The molecule has 0 aliphatic heterocycles. The van der Waals surface area contributed by atoms with Crippen LogP contribution in [0.3, 0.4) is 0 Å². The summed E-state index contributed by atoms with van der Waals surface area (Å²) in [5.74, 6) is -0.219. The Morgan fingerprint density at radius 3 is 2.76 bits per heavy atom. The van der Waals surface area contributed by atoms with Gasteiger partial charge in [0, 0.05) is 29.4 Å². The van der Waals surface area contributed by atoms with Crippen molar-refractivity contribution < 1.29 is 9.90 Å². The first-order valence-corrected chi connectivity index (χ1v) is 7.43. The molecule has 0 spiro atoms. The minimum absolute atomic E-state index is 0.0115. The average molecular weight is 352 g/mol. The van der Waals surface area contributed by atoms with Crippen LogP contribution < -0.4 is 5.32 Å². The van der Waals surface area contributed by atoms with Crippen molar-refractivity contribution in [1.82, 2.24) is 9.78 Å². The van der Waals surface area contributed by atoms with E-state index >= 15 is 0 Å². The maximum absolute atomic E-state index is 12.5. The summed E-state index contributed by atoms with van der Waals surface area (Å²) in [7, 11) is 1.72. The Morgan fingerprint density at radius 2 is 2.10 bits per heavy atom. The summed E-state index contributed by atoms with van der Waals surface area (Å²) in [6.07, 6.45) is 2.03. The molecule has 5 nitrogen and oxygen atoms in total. The van der Waals surface area contributed by atoms with Crippen LogP contribution in [0.2, 0.25) is 0 Å². The van der Waals surface area contributed by atoms with Crippen LogP contribution in [0.5, 0.6) is 0 Å². The third-order valence-electron chi connectivity index (χ3n) is 3.36. The van der Waals surface area contributed by atoms with E-state index in [0.717, 1.165) is 26.9 Å². The zero-order valence-electron chi connectivity index (χ0n) is 12.3. The number of aromatic nitrogens is 2. The molecule has 0 fully saturated rings. The first kappa shape index (κ1) is 15.7. The van der Waals surface area contributed by atoms with Crippen molar-refractivity contribution >= 4 is 27.5 Å². The summed E-state index contributed by atoms with van der Waals surface area (Å²) in [6, 6.07) is 3.90. The molecule has 0 aliphatic carbocycles. The van der Waals surface area contributed by atoms with Crippen LogP contribution in [0.25, 0.3) is 0 Å². The SMILES string of the molecule is Cc1cc(NC(=O)c2c(CCO)cnn2C)c(C)cc1Br. The molecule has 0 bridgehead atoms. The van der Waals surface area contributed by atoms with E-state index in [1.54, 1.807) is 13.2 Å². The number of aliphatic hydroxyl groups is 1. The highest BCUT2D eigenvalue weighted by molar-refractivity contribution is 9.10. The zero-order valence-corrected chi connectivity index (χ0v) is 13.9. The van der Waals surface area contributed by atoms with E-state index in [-0.39, 0.29) is 12.5 Å². The fourth-order valence-corrected chi connectivity index (χ4v) is 2.63. The van der Waals surface area contributed by atoms with Gasteiger partial charge >= 0.3 is 0 Å². The number of aliphatic hydroxyl groups excluding tert-OH is 1. The number of benzene rings is 1. The molecule has 2 rings (SSSR count). The van der Waals surface area contributed by atoms with Gasteiger partial charge in [-0.25, -0.2) is 0 Å². The number of hydrogen-bond donors (Lipinski definition) is 2. The molecule has 6 heteroatoms. The molecule has 1 heterocycles. The minimum Gasteiger partial charge on any atom is -0.396 e. The highest BCUT2D eigenvalue weighted by Crippen LogP contribution is 2.25. The maximum atomic E-state index is 12.5. The summed E-state index contributed by atoms with van der Waals surface area (Å²) < 4.78 is 2.54. The molecule has 2 N–H and O–H groups in total. The van der Waals surface area contributed by atoms with Crippen molar-refractivity contribution in [3.8, 4) is 0 Å². The predicted octanol–water partition coefficient (Wildman–Crippen LogP) is 2.59. The molecular weight excluding hydrogens is 334 g/mol. The van der Waals surface area contributed by atoms with Gasteiger partial charge in [-0.15, -0.1) is 0 Å². The average Bonchev–Trinajstić information content (AvgIpc) is 2.77. The summed E-state index contributed by atoms with van der Waals surface area (Å²) in [4.78, 5) is 12.5. The third-order valence-corrected chi connectivity index (χ3v) is 4.22. The molecule has 1 aromatic heterocycles. The second-order valence-electron chi connectivity index (χ2n) is 4.99. The van der Waals surface area contributed by atoms with Gasteiger partial charge in [-0.1, -0.05) is 15.9 Å². The van der Waals surface area contributed by atoms with Crippen molar-refractivity contribution in [2.45, 2.75) is 20.3 Å². The number of nitrogens with one attached hydrogen (secondary N) is 1. The van der Waals surface area contributed by atoms with Gasteiger partial charge in [-0.3, -0.25) is 9.48 Å². The van der Waals surface area contributed by atoms with Gasteiger partial charge in [-0.2, -0.15) is 5.10 Å². The monoisotopic (exact) mass is 351 g/mol. The number of aryl methyl sites for hydroxylation is 3. The molecule has 0 saturated heterocycles. The smallest absolute Gasteiger partial charge is 0.274 e. The Kier molecular flexibility index (Phi) is 4.80. The van der Waals surface area contributed by atoms with Crippen LogP contribution in [0.15, 0.2) is 22.8 Å². The van der Waals surface area contributed by atoms with Gasteiger partial charge in [0.05, 0.1) is 6.20 Å². The largest absolute Gasteiger partial charge is 0.396 e. The maximum Gasteiger partial charge on any atom is 0.274 e. The first-order chi connectivity index (χ1) is 9.93. The van der Waals surface area contributed by atoms with Crippen LogP contribution in [0.4, 0.5) is 5.69 Å². The topological polar surface area (TPSA) is 67.2 Å². The Balaban J connectivity index is 2.30. The van der Waals surface area contributed by atoms with Crippen molar-refractivity contribution in [2.75, 3.05) is 11.9 Å². The number of amides is 1. The van der Waals surface area contributed by atoms with E-state index in [0.29, 0.717) is 12.1 Å². The summed E-state index contributed by atoms with van der Waals surface area (Å²) >= 11 is 3.47. The van der Waals surface area contributed by atoms with Crippen molar-refractivity contribution in [3.63, 3.8) is 0 Å². The van der Waals surface area contributed by atoms with Crippen molar-refractivity contribution in [1.29, 1.82) is 0 Å². The van der Waals surface area contributed by atoms with Gasteiger partial charge in [-0.05, 0) is 43.5 Å². The van der Waals surface area contributed by atoms with Crippen LogP contribution >= 0.6 is 15.9 Å². The number of rotatable bonds is 4. The third kappa shape index (κ3) is 3.33. The Morgan fingerprint density at radius 1 is 1.38 bits per heavy atom. The molecule has 0 unspecified atom stereocenters. The fourth-order valence-electron chi connectivity index (χ4n) is 2.18. The molecule has 1 aromatic carbocycles. The molecule has 21 heavy (non-hydrogen) atoms. The Labute approximate surface area is 132 Å². The van der Waals surface area contributed by atoms with Crippen LogP contribution in [-0.4, -0.2) is 27.4 Å². The number of anilines is 1. The predicted molar refractivity (Wildman–Crippen MR) is 85.6 cm³/mol. The normalized spacial score (nSPS) is 10.7. The first-order valence-electron chi connectivity index (χ1n) is 6.64. The van der Waals surface area contributed by atoms with E-state index in [1.807, 2.05) is 26.0 Å². The van der Waals surface area contributed by atoms with Gasteiger partial charge in [0.1, 0.15) is 5.69 Å². The lowest BCUT2D eigenvalue weighted by molar-refractivity contribution is 0.101. The summed E-state index contributed by atoms with van der Waals surface area (Å²) in [6.45, 7) is 3.90. The number of carbonyl (C=O) groups is 1. The molecule has 1 amide bonds. The molecule has 0 radical (unpaired) electrons. The van der Waals surface area contributed by atoms with Gasteiger partial charge < -0.3 is 10.4 Å². The van der Waals surface area contributed by atoms with E-state index in [4.69, 9.17) is 5.11 Å². The molecule has 0 atom stereocenters. The van der Waals surface area contributed by atoms with E-state index in [9.17, 15) is 4.79 Å². The van der Waals surface area contributed by atoms with Gasteiger partial charge in [0.2, 0.25) is 0 Å². The van der Waals surface area contributed by atoms with E-state index in [2.05, 4.69) is 26.3 Å². The van der Waals surface area contributed by atoms with Crippen LogP contribution in [0, 0.1) is 13.8 Å². The van der Waals surface area contributed by atoms with E-state index in [1.165, 1.54) is 4.68 Å². The number of nitrogens with zero attached hydrogens (tertiary/aromatic N) is 2. The summed E-state index contributed by atoms with van der Waals surface area (Å²) in [5, 5.41) is 16.1. The molecule has 0 aliphatic rings. The van der Waals surface area contributed by atoms with Gasteiger partial charge in [0.25, 0.3) is 5.91 Å².